The van der Waals surface area contributed by atoms with Gasteiger partial charge in [0.1, 0.15) is 5.82 Å². The molecule has 0 unspecified atom stereocenters. The Bertz CT molecular complexity index is 720. The molecule has 2 aromatic rings. The summed E-state index contributed by atoms with van der Waals surface area (Å²) in [7, 11) is 1.59. The molecule has 124 valence electrons. The number of nitrogens with zero attached hydrogens (tertiary/aromatic N) is 5. The molecule has 0 aromatic carbocycles. The topological polar surface area (TPSA) is 75.4 Å². The number of halogens is 3. The third-order valence-corrected chi connectivity index (χ3v) is 3.94. The van der Waals surface area contributed by atoms with Gasteiger partial charge in [0.15, 0.2) is 5.65 Å². The fourth-order valence-electron chi connectivity index (χ4n) is 2.70. The van der Waals surface area contributed by atoms with E-state index in [1.807, 2.05) is 4.90 Å². The molecule has 0 radical (unpaired) electrons. The number of carbonyl (C=O) groups excluding carboxylic acids is 1. The Morgan fingerprint density at radius 2 is 1.96 bits per heavy atom. The highest BCUT2D eigenvalue weighted by atomic mass is 19.4. The molecule has 1 fully saturated rings. The van der Waals surface area contributed by atoms with Crippen LogP contribution in [0.2, 0.25) is 0 Å². The third-order valence-electron chi connectivity index (χ3n) is 3.94. The monoisotopic (exact) mass is 328 g/mol. The third kappa shape index (κ3) is 2.92. The first-order chi connectivity index (χ1) is 10.9. The molecule has 2 aromatic heterocycles. The van der Waals surface area contributed by atoms with E-state index >= 15 is 0 Å². The summed E-state index contributed by atoms with van der Waals surface area (Å²) in [6.07, 6.45) is -3.35. The van der Waals surface area contributed by atoms with E-state index in [4.69, 9.17) is 0 Å². The Balaban J connectivity index is 1.83. The molecule has 1 saturated heterocycles. The van der Waals surface area contributed by atoms with E-state index in [9.17, 15) is 18.0 Å². The largest absolute Gasteiger partial charge is 0.453 e. The molecule has 3 rings (SSSR count). The summed E-state index contributed by atoms with van der Waals surface area (Å²) < 4.78 is 39.4. The van der Waals surface area contributed by atoms with Crippen molar-refractivity contribution in [3.05, 3.63) is 18.0 Å². The van der Waals surface area contributed by atoms with Crippen LogP contribution in [-0.2, 0) is 11.0 Å². The molecule has 0 atom stereocenters. The van der Waals surface area contributed by atoms with Gasteiger partial charge in [-0.05, 0) is 25.0 Å². The normalized spacial score (nSPS) is 16.8. The quantitative estimate of drug-likeness (QED) is 0.894. The molecule has 0 spiro atoms. The van der Waals surface area contributed by atoms with Crippen molar-refractivity contribution >= 4 is 17.4 Å². The van der Waals surface area contributed by atoms with E-state index in [-0.39, 0.29) is 17.5 Å². The Labute approximate surface area is 129 Å². The number of aromatic nitrogens is 4. The number of carbonyl (C=O) groups is 1. The summed E-state index contributed by atoms with van der Waals surface area (Å²) in [4.78, 5) is 13.5. The molecule has 23 heavy (non-hydrogen) atoms. The lowest BCUT2D eigenvalue weighted by Gasteiger charge is -2.31. The maximum Gasteiger partial charge on any atom is 0.453 e. The van der Waals surface area contributed by atoms with Crippen molar-refractivity contribution in [2.75, 3.05) is 25.0 Å². The van der Waals surface area contributed by atoms with Gasteiger partial charge in [0.2, 0.25) is 5.91 Å². The number of rotatable bonds is 2. The zero-order valence-electron chi connectivity index (χ0n) is 12.3. The molecule has 1 amide bonds. The maximum atomic E-state index is 12.9. The molecule has 0 saturated carbocycles. The minimum Gasteiger partial charge on any atom is -0.359 e. The first-order valence-electron chi connectivity index (χ1n) is 7.16. The van der Waals surface area contributed by atoms with Crippen LogP contribution >= 0.6 is 0 Å². The number of piperidine rings is 1. The fraction of sp³-hybridized carbons (Fsp3) is 0.538. The predicted octanol–water partition coefficient (Wildman–Crippen LogP) is 1.11. The molecule has 1 N–H and O–H groups in total. The number of hydrogen-bond donors (Lipinski definition) is 1. The van der Waals surface area contributed by atoms with Crippen LogP contribution in [0.1, 0.15) is 18.7 Å². The van der Waals surface area contributed by atoms with Gasteiger partial charge in [-0.3, -0.25) is 4.79 Å². The molecule has 3 heterocycles. The van der Waals surface area contributed by atoms with Crippen molar-refractivity contribution in [3.8, 4) is 0 Å². The van der Waals surface area contributed by atoms with Crippen molar-refractivity contribution in [2.24, 2.45) is 5.92 Å². The summed E-state index contributed by atoms with van der Waals surface area (Å²) >= 11 is 0. The van der Waals surface area contributed by atoms with Gasteiger partial charge in [-0.2, -0.15) is 17.7 Å². The molecular weight excluding hydrogens is 313 g/mol. The van der Waals surface area contributed by atoms with E-state index in [2.05, 4.69) is 20.6 Å². The van der Waals surface area contributed by atoms with Crippen molar-refractivity contribution < 1.29 is 18.0 Å². The van der Waals surface area contributed by atoms with Crippen molar-refractivity contribution in [1.82, 2.24) is 25.1 Å². The molecule has 0 aliphatic carbocycles. The van der Waals surface area contributed by atoms with Crippen LogP contribution in [0.5, 0.6) is 0 Å². The standard InChI is InChI=1S/C13H15F3N6O/c1-17-11(23)8-4-6-21(7-5-8)10-3-2-9-18-19-12(13(14,15)16)22(9)20-10/h2-3,8H,4-7H2,1H3,(H,17,23). The average Bonchev–Trinajstić information content (AvgIpc) is 2.97. The summed E-state index contributed by atoms with van der Waals surface area (Å²) in [5.41, 5.74) is 0.0429. The Morgan fingerprint density at radius 3 is 2.57 bits per heavy atom. The van der Waals surface area contributed by atoms with Gasteiger partial charge < -0.3 is 10.2 Å². The highest BCUT2D eigenvalue weighted by Gasteiger charge is 2.38. The summed E-state index contributed by atoms with van der Waals surface area (Å²) in [5, 5.41) is 13.3. The maximum absolute atomic E-state index is 12.9. The Hall–Kier alpha value is -2.39. The lowest BCUT2D eigenvalue weighted by atomic mass is 9.96. The molecule has 1 aliphatic rings. The second-order valence-corrected chi connectivity index (χ2v) is 5.36. The molecule has 1 aliphatic heterocycles. The van der Waals surface area contributed by atoms with E-state index in [0.717, 1.165) is 0 Å². The van der Waals surface area contributed by atoms with Gasteiger partial charge in [0.25, 0.3) is 5.82 Å². The van der Waals surface area contributed by atoms with Gasteiger partial charge in [-0.1, -0.05) is 0 Å². The second-order valence-electron chi connectivity index (χ2n) is 5.36. The van der Waals surface area contributed by atoms with Gasteiger partial charge >= 0.3 is 6.18 Å². The first-order valence-corrected chi connectivity index (χ1v) is 7.16. The van der Waals surface area contributed by atoms with Crippen molar-refractivity contribution in [2.45, 2.75) is 19.0 Å². The second kappa shape index (κ2) is 5.67. The zero-order chi connectivity index (χ0) is 16.6. The van der Waals surface area contributed by atoms with Gasteiger partial charge in [0, 0.05) is 26.1 Å². The highest BCUT2D eigenvalue weighted by molar-refractivity contribution is 5.78. The van der Waals surface area contributed by atoms with Gasteiger partial charge in [0.05, 0.1) is 0 Å². The molecule has 10 heteroatoms. The van der Waals surface area contributed by atoms with Crippen LogP contribution in [0.15, 0.2) is 12.1 Å². The van der Waals surface area contributed by atoms with E-state index in [0.29, 0.717) is 36.3 Å². The number of anilines is 1. The number of amides is 1. The Morgan fingerprint density at radius 1 is 1.26 bits per heavy atom. The van der Waals surface area contributed by atoms with Crippen LogP contribution in [0.3, 0.4) is 0 Å². The highest BCUT2D eigenvalue weighted by Crippen LogP contribution is 2.28. The van der Waals surface area contributed by atoms with Crippen molar-refractivity contribution in [1.29, 1.82) is 0 Å². The lowest BCUT2D eigenvalue weighted by Crippen LogP contribution is -2.40. The SMILES string of the molecule is CNC(=O)C1CCN(c2ccc3nnc(C(F)(F)F)n3n2)CC1. The molecule has 0 bridgehead atoms. The van der Waals surface area contributed by atoms with Gasteiger partial charge in [-0.15, -0.1) is 15.3 Å². The fourth-order valence-corrected chi connectivity index (χ4v) is 2.70. The number of nitrogens with one attached hydrogen (secondary N) is 1. The minimum atomic E-state index is -4.61. The number of hydrogen-bond acceptors (Lipinski definition) is 5. The summed E-state index contributed by atoms with van der Waals surface area (Å²) in [5.74, 6) is -0.806. The summed E-state index contributed by atoms with van der Waals surface area (Å²) in [6.45, 7) is 1.11. The van der Waals surface area contributed by atoms with E-state index in [1.54, 1.807) is 13.1 Å². The lowest BCUT2D eigenvalue weighted by molar-refractivity contribution is -0.146. The minimum absolute atomic E-state index is 0.00812. The first kappa shape index (κ1) is 15.5. The van der Waals surface area contributed by atoms with Crippen LogP contribution in [-0.4, -0.2) is 45.9 Å². The van der Waals surface area contributed by atoms with Crippen LogP contribution < -0.4 is 10.2 Å². The summed E-state index contributed by atoms with van der Waals surface area (Å²) in [6, 6.07) is 3.07. The molecular formula is C13H15F3N6O. The van der Waals surface area contributed by atoms with E-state index < -0.39 is 12.0 Å². The molecule has 7 nitrogen and oxygen atoms in total. The number of fused-ring (bicyclic) bond motifs is 1. The van der Waals surface area contributed by atoms with Crippen LogP contribution in [0, 0.1) is 5.92 Å². The predicted molar refractivity (Wildman–Crippen MR) is 74.8 cm³/mol. The van der Waals surface area contributed by atoms with Crippen LogP contribution in [0.4, 0.5) is 19.0 Å². The zero-order valence-corrected chi connectivity index (χ0v) is 12.3. The number of alkyl halides is 3. The van der Waals surface area contributed by atoms with Crippen LogP contribution in [0.25, 0.3) is 5.65 Å². The smallest absolute Gasteiger partial charge is 0.359 e. The average molecular weight is 328 g/mol. The Kier molecular flexibility index (Phi) is 3.82. The van der Waals surface area contributed by atoms with Gasteiger partial charge in [-0.25, -0.2) is 0 Å². The van der Waals surface area contributed by atoms with Crippen molar-refractivity contribution in [3.63, 3.8) is 0 Å². The van der Waals surface area contributed by atoms with E-state index in [1.165, 1.54) is 6.07 Å².